The molecule has 0 heterocycles. The van der Waals surface area contributed by atoms with E-state index < -0.39 is 0 Å². The van der Waals surface area contributed by atoms with Crippen LogP contribution < -0.4 is 0 Å². The normalized spacial score (nSPS) is 43.8. The molecule has 18 atom stereocenters. The standard InChI is InChI=1S/C24H38O.C24H36O.2C11H18O.C11H16O.2CH4/c2*1-5-6-16(2)20-9-10-21-19-8-7-17-15-18(25)11-13-23(17,3)22(19)12-14-24(20,21)4;3*1-11-6-3-2-4-9(11)8-10(12)5-7-11;;/h6,15,18-22,25H,5,7-14H2,1-4H3;6,15,19-22H,5,7-14H2,1-4H3;2*8,10,12H,2-7H2,1H3;8H,2-7H2,1H3;2*1H4/b2*16-6+;;;;;/t18-,19?,20+,21?,22?,23-,24+;19?,20-,21?,22?,23+,24-;2*10-,11-;11-;;/m01000../s1. The minimum absolute atomic E-state index is 0. The molecule has 9 saturated carbocycles. The highest BCUT2D eigenvalue weighted by atomic mass is 16.3. The summed E-state index contributed by atoms with van der Waals surface area (Å²) in [6.07, 6.45) is 59.7. The van der Waals surface area contributed by atoms with Gasteiger partial charge in [-0.2, -0.15) is 0 Å². The van der Waals surface area contributed by atoms with Crippen LogP contribution in [0, 0.1) is 85.2 Å². The largest absolute Gasteiger partial charge is 0.389 e. The van der Waals surface area contributed by atoms with Gasteiger partial charge in [-0.3, -0.25) is 9.59 Å². The summed E-state index contributed by atoms with van der Waals surface area (Å²) in [5.74, 6) is 7.74. The van der Waals surface area contributed by atoms with Gasteiger partial charge in [0, 0.05) is 12.8 Å². The molecule has 0 saturated heterocycles. The number of hydrogen-bond donors (Lipinski definition) is 3. The number of fused-ring (bicyclic) bond motifs is 13. The lowest BCUT2D eigenvalue weighted by atomic mass is 9.46. The molecule has 0 aromatic rings. The van der Waals surface area contributed by atoms with Crippen LogP contribution in [0.1, 0.15) is 322 Å². The van der Waals surface area contributed by atoms with Crippen molar-refractivity contribution in [3.8, 4) is 0 Å². The Hall–Kier alpha value is -2.60. The third kappa shape index (κ3) is 14.2. The summed E-state index contributed by atoms with van der Waals surface area (Å²) < 4.78 is 0. The number of rotatable bonds is 4. The SMILES string of the molecule is C.C.CC/C=C(\C)[C@H]1CCC2C3CCC4=CC(=O)CC[C@]4(C)C3CC[C@@]21C.CC/C=C(\C)[C@H]1CCC2C3CCC4=C[C@@H](O)CC[C@]4(C)C3CC[C@@]21C.C[C@@]12CCCCC1=CC(=O)CC2.C[C@@]12CCCCC1=C[C@@H](O)CC2.C[C@@]12CCCCC1=C[C@@H](O)CC2. The lowest BCUT2D eigenvalue weighted by Crippen LogP contribution is -2.50. The molecular formula is C83H134O5. The Balaban J connectivity index is 0.000000148. The first-order chi connectivity index (χ1) is 40.9. The molecule has 0 amide bonds. The van der Waals surface area contributed by atoms with Gasteiger partial charge in [0.05, 0.1) is 18.3 Å². The number of ketones is 2. The van der Waals surface area contributed by atoms with E-state index in [4.69, 9.17) is 0 Å². The van der Waals surface area contributed by atoms with E-state index in [1.54, 1.807) is 16.7 Å². The maximum Gasteiger partial charge on any atom is 0.155 e. The van der Waals surface area contributed by atoms with E-state index in [9.17, 15) is 24.9 Å². The molecule has 496 valence electrons. The highest BCUT2D eigenvalue weighted by Crippen LogP contribution is 2.69. The van der Waals surface area contributed by atoms with Gasteiger partial charge in [-0.25, -0.2) is 0 Å². The zero-order chi connectivity index (χ0) is 61.5. The second-order valence-corrected chi connectivity index (χ2v) is 33.7. The Labute approximate surface area is 540 Å². The van der Waals surface area contributed by atoms with Crippen LogP contribution in [0.15, 0.2) is 81.5 Å². The van der Waals surface area contributed by atoms with Crippen LogP contribution in [0.2, 0.25) is 0 Å². The molecule has 0 aromatic heterocycles. The maximum atomic E-state index is 12.0. The Morgan fingerprint density at radius 1 is 0.398 bits per heavy atom. The first-order valence-electron chi connectivity index (χ1n) is 36.9. The van der Waals surface area contributed by atoms with E-state index >= 15 is 0 Å². The predicted octanol–water partition coefficient (Wildman–Crippen LogP) is 22.2. The fraction of sp³-hybridized carbons (Fsp3) is 0.807. The second kappa shape index (κ2) is 29.0. The molecule has 0 spiro atoms. The van der Waals surface area contributed by atoms with Crippen LogP contribution in [-0.4, -0.2) is 45.2 Å². The van der Waals surface area contributed by atoms with Crippen LogP contribution in [0.5, 0.6) is 0 Å². The Kier molecular flexibility index (Phi) is 23.4. The summed E-state index contributed by atoms with van der Waals surface area (Å²) in [5.41, 5.74) is 14.0. The van der Waals surface area contributed by atoms with Gasteiger partial charge in [0.15, 0.2) is 11.6 Å². The Morgan fingerprint density at radius 3 is 1.25 bits per heavy atom. The minimum Gasteiger partial charge on any atom is -0.389 e. The molecule has 14 rings (SSSR count). The molecular weight excluding hydrogens is 1080 g/mol. The minimum atomic E-state index is -0.175. The van der Waals surface area contributed by atoms with Gasteiger partial charge >= 0.3 is 0 Å². The number of aliphatic hydroxyl groups excluding tert-OH is 3. The summed E-state index contributed by atoms with van der Waals surface area (Å²) >= 11 is 0. The van der Waals surface area contributed by atoms with Crippen LogP contribution in [0.4, 0.5) is 0 Å². The quantitative estimate of drug-likeness (QED) is 0.244. The predicted molar refractivity (Wildman–Crippen MR) is 372 cm³/mol. The van der Waals surface area contributed by atoms with E-state index in [-0.39, 0.29) is 33.2 Å². The lowest BCUT2D eigenvalue weighted by Gasteiger charge is -2.58. The smallest absolute Gasteiger partial charge is 0.155 e. The highest BCUT2D eigenvalue weighted by molar-refractivity contribution is 5.92. The second-order valence-electron chi connectivity index (χ2n) is 33.7. The van der Waals surface area contributed by atoms with E-state index in [2.05, 4.69) is 107 Å². The zero-order valence-electron chi connectivity index (χ0n) is 57.0. The molecule has 0 bridgehead atoms. The molecule has 5 nitrogen and oxygen atoms in total. The average molecular weight is 1210 g/mol. The summed E-state index contributed by atoms with van der Waals surface area (Å²) in [4.78, 5) is 23.1. The molecule has 5 heteroatoms. The zero-order valence-corrected chi connectivity index (χ0v) is 57.0. The topological polar surface area (TPSA) is 94.8 Å². The number of aliphatic hydroxyl groups is 3. The van der Waals surface area contributed by atoms with E-state index in [0.29, 0.717) is 49.5 Å². The molecule has 3 N–H and O–H groups in total. The van der Waals surface area contributed by atoms with Crippen molar-refractivity contribution >= 4 is 11.6 Å². The Bertz CT molecular complexity index is 2610. The van der Waals surface area contributed by atoms with Gasteiger partial charge in [0.1, 0.15) is 0 Å². The van der Waals surface area contributed by atoms with Gasteiger partial charge in [-0.15, -0.1) is 0 Å². The molecule has 9 fully saturated rings. The van der Waals surface area contributed by atoms with E-state index in [1.807, 2.05) is 12.2 Å². The first-order valence-corrected chi connectivity index (χ1v) is 36.9. The third-order valence-corrected chi connectivity index (χ3v) is 28.8. The van der Waals surface area contributed by atoms with E-state index in [1.165, 1.54) is 208 Å². The Morgan fingerprint density at radius 2 is 0.784 bits per heavy atom. The van der Waals surface area contributed by atoms with Crippen molar-refractivity contribution in [2.24, 2.45) is 85.2 Å². The van der Waals surface area contributed by atoms with Gasteiger partial charge < -0.3 is 15.3 Å². The van der Waals surface area contributed by atoms with Crippen LogP contribution in [-0.2, 0) is 9.59 Å². The van der Waals surface area contributed by atoms with Crippen LogP contribution >= 0.6 is 0 Å². The maximum absolute atomic E-state index is 12.0. The van der Waals surface area contributed by atoms with Gasteiger partial charge in [0.2, 0.25) is 0 Å². The van der Waals surface area contributed by atoms with Crippen molar-refractivity contribution in [2.45, 2.75) is 340 Å². The monoisotopic (exact) mass is 1210 g/mol. The fourth-order valence-corrected chi connectivity index (χ4v) is 23.5. The van der Waals surface area contributed by atoms with Crippen molar-refractivity contribution in [3.63, 3.8) is 0 Å². The molecule has 14 aliphatic carbocycles. The summed E-state index contributed by atoms with van der Waals surface area (Å²) in [5, 5.41) is 29.1. The van der Waals surface area contributed by atoms with E-state index in [0.717, 1.165) is 92.3 Å². The van der Waals surface area contributed by atoms with Gasteiger partial charge in [-0.05, 0) is 310 Å². The number of allylic oxidation sites excluding steroid dienone is 10. The molecule has 0 aliphatic heterocycles. The molecule has 88 heavy (non-hydrogen) atoms. The number of hydrogen-bond acceptors (Lipinski definition) is 5. The lowest BCUT2D eigenvalue weighted by molar-refractivity contribution is -0.117. The van der Waals surface area contributed by atoms with Crippen molar-refractivity contribution < 1.29 is 24.9 Å². The first kappa shape index (κ1) is 71.3. The summed E-state index contributed by atoms with van der Waals surface area (Å²) in [7, 11) is 0. The van der Waals surface area contributed by atoms with Crippen molar-refractivity contribution in [1.82, 2.24) is 0 Å². The van der Waals surface area contributed by atoms with Crippen LogP contribution in [0.25, 0.3) is 0 Å². The highest BCUT2D eigenvalue weighted by Gasteiger charge is 2.61. The van der Waals surface area contributed by atoms with Crippen molar-refractivity contribution in [1.29, 1.82) is 0 Å². The number of carbonyl (C=O) groups excluding carboxylic acids is 2. The summed E-state index contributed by atoms with van der Waals surface area (Å²) in [6, 6.07) is 0. The summed E-state index contributed by atoms with van der Waals surface area (Å²) in [6.45, 7) is 26.7. The molecule has 0 radical (unpaired) electrons. The van der Waals surface area contributed by atoms with Gasteiger partial charge in [0.25, 0.3) is 0 Å². The van der Waals surface area contributed by atoms with Crippen molar-refractivity contribution in [3.05, 3.63) is 81.5 Å². The molecule has 0 aromatic carbocycles. The molecule has 6 unspecified atom stereocenters. The van der Waals surface area contributed by atoms with Crippen LogP contribution in [0.3, 0.4) is 0 Å². The molecule has 14 aliphatic rings. The number of carbonyl (C=O) groups is 2. The fourth-order valence-electron chi connectivity index (χ4n) is 23.5. The third-order valence-electron chi connectivity index (χ3n) is 28.8. The van der Waals surface area contributed by atoms with Crippen molar-refractivity contribution in [2.75, 3.05) is 0 Å². The van der Waals surface area contributed by atoms with Gasteiger partial charge in [-0.1, -0.05) is 166 Å². The average Bonchev–Trinajstić information content (AvgIpc) is 1.38.